The van der Waals surface area contributed by atoms with Crippen molar-refractivity contribution in [1.29, 1.82) is 0 Å². The third kappa shape index (κ3) is 4.27. The molecule has 0 fully saturated rings. The van der Waals surface area contributed by atoms with Gasteiger partial charge in [-0.05, 0) is 42.2 Å². The van der Waals surface area contributed by atoms with Gasteiger partial charge in [0.25, 0.3) is 5.56 Å². The third-order valence-corrected chi connectivity index (χ3v) is 4.97. The van der Waals surface area contributed by atoms with Crippen molar-refractivity contribution in [2.45, 2.75) is 19.8 Å². The molecule has 0 aliphatic carbocycles. The lowest BCUT2D eigenvalue weighted by atomic mass is 9.98. The summed E-state index contributed by atoms with van der Waals surface area (Å²) in [6.45, 7) is 2.28. The Bertz CT molecular complexity index is 1370. The van der Waals surface area contributed by atoms with Crippen molar-refractivity contribution in [1.82, 2.24) is 19.9 Å². The standard InChI is InChI=1S/C23H20N4O5/c1-2-32-18-11-15(14-5-3-4-13(10-14)6-9-17(28)23(30)31)7-8-16(18)20-26-21-19(22(29)27-20)24-12-25-21/h3-5,7-8,10-12H,2,6,9H2,1H3,(H,30,31)(H2,24,25,26,27,29). The van der Waals surface area contributed by atoms with Crippen molar-refractivity contribution < 1.29 is 19.4 Å². The maximum atomic E-state index is 12.3. The van der Waals surface area contributed by atoms with Gasteiger partial charge < -0.3 is 19.8 Å². The monoisotopic (exact) mass is 432 g/mol. The van der Waals surface area contributed by atoms with Crippen molar-refractivity contribution in [2.75, 3.05) is 6.61 Å². The lowest BCUT2D eigenvalue weighted by molar-refractivity contribution is -0.149. The molecule has 9 nitrogen and oxygen atoms in total. The average molecular weight is 432 g/mol. The molecule has 0 radical (unpaired) electrons. The van der Waals surface area contributed by atoms with E-state index in [0.717, 1.165) is 16.7 Å². The van der Waals surface area contributed by atoms with E-state index in [1.807, 2.05) is 49.4 Å². The number of rotatable bonds is 8. The number of ketones is 1. The number of carboxylic acid groups (broad SMARTS) is 1. The van der Waals surface area contributed by atoms with Crippen LogP contribution in [-0.2, 0) is 16.0 Å². The molecule has 4 aromatic rings. The minimum atomic E-state index is -1.42. The van der Waals surface area contributed by atoms with Gasteiger partial charge in [-0.1, -0.05) is 30.3 Å². The first-order valence-electron chi connectivity index (χ1n) is 10.0. The summed E-state index contributed by atoms with van der Waals surface area (Å²) in [7, 11) is 0. The maximum absolute atomic E-state index is 12.3. The van der Waals surface area contributed by atoms with Crippen LogP contribution in [0.2, 0.25) is 0 Å². The number of Topliss-reactive ketones (excluding diaryl/α,β-unsaturated/α-hetero) is 1. The third-order valence-electron chi connectivity index (χ3n) is 4.97. The Morgan fingerprint density at radius 1 is 1.12 bits per heavy atom. The maximum Gasteiger partial charge on any atom is 0.372 e. The van der Waals surface area contributed by atoms with Gasteiger partial charge in [0, 0.05) is 6.42 Å². The number of carbonyl (C=O) groups is 2. The number of nitrogens with one attached hydrogen (secondary N) is 2. The van der Waals surface area contributed by atoms with Gasteiger partial charge in [-0.15, -0.1) is 0 Å². The van der Waals surface area contributed by atoms with E-state index in [-0.39, 0.29) is 12.0 Å². The first kappa shape index (κ1) is 21.0. The average Bonchev–Trinajstić information content (AvgIpc) is 3.27. The van der Waals surface area contributed by atoms with Crippen LogP contribution in [0.5, 0.6) is 5.75 Å². The van der Waals surface area contributed by atoms with Crippen LogP contribution in [0.4, 0.5) is 0 Å². The molecular formula is C23H20N4O5. The van der Waals surface area contributed by atoms with Crippen LogP contribution in [0, 0.1) is 0 Å². The number of hydrogen-bond donors (Lipinski definition) is 3. The first-order chi connectivity index (χ1) is 15.5. The van der Waals surface area contributed by atoms with Crippen LogP contribution in [0.25, 0.3) is 33.7 Å². The molecule has 9 heteroatoms. The van der Waals surface area contributed by atoms with E-state index in [0.29, 0.717) is 41.3 Å². The molecule has 0 aliphatic heterocycles. The fourth-order valence-corrected chi connectivity index (χ4v) is 3.41. The second-order valence-corrected chi connectivity index (χ2v) is 7.09. The van der Waals surface area contributed by atoms with Gasteiger partial charge in [0.15, 0.2) is 11.2 Å². The Balaban J connectivity index is 1.68. The van der Waals surface area contributed by atoms with Crippen molar-refractivity contribution in [3.63, 3.8) is 0 Å². The Labute approximate surface area is 182 Å². The summed E-state index contributed by atoms with van der Waals surface area (Å²) < 4.78 is 5.82. The molecule has 0 saturated heterocycles. The number of carboxylic acids is 1. The van der Waals surface area contributed by atoms with Gasteiger partial charge in [-0.2, -0.15) is 0 Å². The number of carbonyl (C=O) groups excluding carboxylic acids is 1. The van der Waals surface area contributed by atoms with E-state index in [2.05, 4.69) is 19.9 Å². The first-order valence-corrected chi connectivity index (χ1v) is 10.0. The number of fused-ring (bicyclic) bond motifs is 1. The van der Waals surface area contributed by atoms with Gasteiger partial charge in [0.2, 0.25) is 5.78 Å². The van der Waals surface area contributed by atoms with Crippen molar-refractivity contribution in [2.24, 2.45) is 0 Å². The number of imidazole rings is 1. The molecule has 0 unspecified atom stereocenters. The minimum absolute atomic E-state index is 0.0589. The molecule has 0 saturated carbocycles. The molecule has 0 bridgehead atoms. The molecule has 0 aliphatic rings. The van der Waals surface area contributed by atoms with Crippen molar-refractivity contribution in [3.8, 4) is 28.3 Å². The van der Waals surface area contributed by atoms with E-state index in [1.165, 1.54) is 6.33 Å². The SMILES string of the molecule is CCOc1cc(-c2cccc(CCC(=O)C(=O)O)c2)ccc1-c1nc2nc[nH]c2c(=O)[nH]1. The number of nitrogens with zero attached hydrogens (tertiary/aromatic N) is 2. The number of hydrogen-bond acceptors (Lipinski definition) is 6. The second kappa shape index (κ2) is 8.84. The topological polar surface area (TPSA) is 138 Å². The van der Waals surface area contributed by atoms with Crippen molar-refractivity contribution in [3.05, 3.63) is 64.7 Å². The molecule has 2 aromatic carbocycles. The van der Waals surface area contributed by atoms with E-state index in [4.69, 9.17) is 9.84 Å². The Kier molecular flexibility index (Phi) is 5.80. The molecular weight excluding hydrogens is 412 g/mol. The van der Waals surface area contributed by atoms with E-state index < -0.39 is 11.8 Å². The normalized spacial score (nSPS) is 10.9. The largest absolute Gasteiger partial charge is 0.493 e. The van der Waals surface area contributed by atoms with Crippen LogP contribution >= 0.6 is 0 Å². The van der Waals surface area contributed by atoms with E-state index >= 15 is 0 Å². The highest BCUT2D eigenvalue weighted by Gasteiger charge is 2.15. The highest BCUT2D eigenvalue weighted by atomic mass is 16.5. The summed E-state index contributed by atoms with van der Waals surface area (Å²) in [6.07, 6.45) is 1.70. The van der Waals surface area contributed by atoms with Crippen molar-refractivity contribution >= 4 is 22.9 Å². The zero-order chi connectivity index (χ0) is 22.7. The Hall–Kier alpha value is -4.27. The fraction of sp³-hybridized carbons (Fsp3) is 0.174. The number of aromatic nitrogens is 4. The van der Waals surface area contributed by atoms with Crippen LogP contribution in [0.3, 0.4) is 0 Å². The minimum Gasteiger partial charge on any atom is -0.493 e. The zero-order valence-electron chi connectivity index (χ0n) is 17.2. The van der Waals surface area contributed by atoms with Gasteiger partial charge in [-0.3, -0.25) is 9.59 Å². The molecule has 0 amide bonds. The molecule has 2 heterocycles. The van der Waals surface area contributed by atoms with Crippen LogP contribution in [0.15, 0.2) is 53.6 Å². The number of aryl methyl sites for hydroxylation is 1. The molecule has 162 valence electrons. The fourth-order valence-electron chi connectivity index (χ4n) is 3.41. The lowest BCUT2D eigenvalue weighted by Crippen LogP contribution is -2.12. The molecule has 3 N–H and O–H groups in total. The van der Waals surface area contributed by atoms with E-state index in [9.17, 15) is 14.4 Å². The summed E-state index contributed by atoms with van der Waals surface area (Å²) in [6, 6.07) is 13.1. The quantitative estimate of drug-likeness (QED) is 0.364. The summed E-state index contributed by atoms with van der Waals surface area (Å²) in [5.41, 5.74) is 3.54. The summed E-state index contributed by atoms with van der Waals surface area (Å²) >= 11 is 0. The highest BCUT2D eigenvalue weighted by molar-refractivity contribution is 6.32. The summed E-state index contributed by atoms with van der Waals surface area (Å²) in [5.74, 6) is -1.33. The molecule has 32 heavy (non-hydrogen) atoms. The van der Waals surface area contributed by atoms with Crippen LogP contribution in [-0.4, -0.2) is 43.4 Å². The summed E-state index contributed by atoms with van der Waals surface area (Å²) in [4.78, 5) is 48.5. The Morgan fingerprint density at radius 2 is 1.94 bits per heavy atom. The molecule has 4 rings (SSSR count). The van der Waals surface area contributed by atoms with Gasteiger partial charge in [0.1, 0.15) is 11.6 Å². The smallest absolute Gasteiger partial charge is 0.372 e. The summed E-state index contributed by atoms with van der Waals surface area (Å²) in [5, 5.41) is 8.76. The Morgan fingerprint density at radius 3 is 2.72 bits per heavy atom. The van der Waals surface area contributed by atoms with E-state index in [1.54, 1.807) is 0 Å². The number of aliphatic carboxylic acids is 1. The highest BCUT2D eigenvalue weighted by Crippen LogP contribution is 2.33. The number of benzene rings is 2. The lowest BCUT2D eigenvalue weighted by Gasteiger charge is -2.12. The number of H-pyrrole nitrogens is 2. The van der Waals surface area contributed by atoms with Crippen LogP contribution in [0.1, 0.15) is 18.9 Å². The molecule has 0 atom stereocenters. The number of ether oxygens (including phenoxy) is 1. The van der Waals surface area contributed by atoms with Gasteiger partial charge in [0.05, 0.1) is 18.5 Å². The zero-order valence-corrected chi connectivity index (χ0v) is 17.2. The predicted octanol–water partition coefficient (Wildman–Crippen LogP) is 2.97. The second-order valence-electron chi connectivity index (χ2n) is 7.09. The number of aromatic amines is 2. The molecule has 0 spiro atoms. The van der Waals surface area contributed by atoms with Crippen LogP contribution < -0.4 is 10.3 Å². The predicted molar refractivity (Wildman–Crippen MR) is 118 cm³/mol. The van der Waals surface area contributed by atoms with Gasteiger partial charge >= 0.3 is 5.97 Å². The molecule has 2 aromatic heterocycles. The van der Waals surface area contributed by atoms with Gasteiger partial charge in [-0.25, -0.2) is 14.8 Å².